The maximum absolute atomic E-state index is 12.5. The lowest BCUT2D eigenvalue weighted by molar-refractivity contribution is -0.136. The number of nitrogens with one attached hydrogen (secondary N) is 2. The Balaban J connectivity index is 1.41. The van der Waals surface area contributed by atoms with Gasteiger partial charge in [0.2, 0.25) is 0 Å². The smallest absolute Gasteiger partial charge is 0.313 e. The highest BCUT2D eigenvalue weighted by atomic mass is 32.1. The predicted molar refractivity (Wildman–Crippen MR) is 116 cm³/mol. The third kappa shape index (κ3) is 5.32. The molecule has 3 amide bonds. The van der Waals surface area contributed by atoms with Crippen molar-refractivity contribution in [2.24, 2.45) is 5.92 Å². The summed E-state index contributed by atoms with van der Waals surface area (Å²) in [6.45, 7) is 3.41. The molecule has 2 heterocycles. The summed E-state index contributed by atoms with van der Waals surface area (Å²) >= 11 is 1.12. The maximum atomic E-state index is 12.5. The fourth-order valence-electron chi connectivity index (χ4n) is 3.26. The molecule has 0 aliphatic carbocycles. The van der Waals surface area contributed by atoms with Gasteiger partial charge in [0.15, 0.2) is 0 Å². The number of rotatable bonds is 5. The Morgan fingerprint density at radius 1 is 1.13 bits per heavy atom. The predicted octanol–water partition coefficient (Wildman–Crippen LogP) is 1.52. The summed E-state index contributed by atoms with van der Waals surface area (Å²) in [7, 11) is 3.86. The van der Waals surface area contributed by atoms with E-state index < -0.39 is 11.8 Å². The van der Waals surface area contributed by atoms with Crippen molar-refractivity contribution in [3.63, 3.8) is 0 Å². The van der Waals surface area contributed by atoms with Gasteiger partial charge in [-0.25, -0.2) is 0 Å². The molecule has 1 aliphatic heterocycles. The molecule has 160 valence electrons. The van der Waals surface area contributed by atoms with Crippen LogP contribution in [0.25, 0.3) is 0 Å². The Morgan fingerprint density at radius 2 is 1.80 bits per heavy atom. The molecule has 2 N–H and O–H groups in total. The molecule has 0 unspecified atom stereocenters. The van der Waals surface area contributed by atoms with Gasteiger partial charge >= 0.3 is 11.8 Å². The molecule has 9 nitrogen and oxygen atoms in total. The number of benzene rings is 1. The molecule has 0 spiro atoms. The highest BCUT2D eigenvalue weighted by molar-refractivity contribution is 7.07. The van der Waals surface area contributed by atoms with E-state index in [1.807, 2.05) is 31.1 Å². The molecule has 0 bridgehead atoms. The first-order valence-corrected chi connectivity index (χ1v) is 10.6. The van der Waals surface area contributed by atoms with Crippen molar-refractivity contribution in [3.8, 4) is 0 Å². The average molecular weight is 431 g/mol. The fraction of sp³-hybridized carbons (Fsp3) is 0.450. The summed E-state index contributed by atoms with van der Waals surface area (Å²) in [6, 6.07) is 7.25. The van der Waals surface area contributed by atoms with Gasteiger partial charge in [-0.15, -0.1) is 5.10 Å². The number of anilines is 2. The number of aryl methyl sites for hydroxylation is 1. The third-order valence-corrected chi connectivity index (χ3v) is 5.96. The number of aromatic nitrogens is 2. The second-order valence-corrected chi connectivity index (χ2v) is 8.28. The minimum Gasteiger partial charge on any atom is -0.378 e. The van der Waals surface area contributed by atoms with Crippen molar-refractivity contribution >= 4 is 40.6 Å². The highest BCUT2D eigenvalue weighted by Crippen LogP contribution is 2.21. The van der Waals surface area contributed by atoms with Crippen LogP contribution in [0.5, 0.6) is 0 Å². The van der Waals surface area contributed by atoms with Crippen molar-refractivity contribution in [2.75, 3.05) is 43.9 Å². The van der Waals surface area contributed by atoms with Crippen molar-refractivity contribution in [1.82, 2.24) is 19.8 Å². The van der Waals surface area contributed by atoms with E-state index in [-0.39, 0.29) is 11.8 Å². The quantitative estimate of drug-likeness (QED) is 0.697. The van der Waals surface area contributed by atoms with E-state index in [0.29, 0.717) is 35.9 Å². The van der Waals surface area contributed by atoms with E-state index in [1.54, 1.807) is 24.0 Å². The zero-order chi connectivity index (χ0) is 21.7. The number of likely N-dealkylation sites (tertiary alicyclic amines) is 1. The van der Waals surface area contributed by atoms with Gasteiger partial charge in [-0.2, -0.15) is 0 Å². The number of hydrogen-bond donors (Lipinski definition) is 2. The SMILES string of the molecule is Cc1nnsc1C(=O)N1CCC(CNC(=O)C(=O)Nc2ccc(N(C)C)cc2)CC1. The van der Waals surface area contributed by atoms with E-state index in [4.69, 9.17) is 0 Å². The van der Waals surface area contributed by atoms with Gasteiger partial charge in [-0.05, 0) is 61.5 Å². The van der Waals surface area contributed by atoms with Crippen LogP contribution < -0.4 is 15.5 Å². The van der Waals surface area contributed by atoms with E-state index >= 15 is 0 Å². The molecule has 2 aromatic rings. The van der Waals surface area contributed by atoms with Crippen LogP contribution in [-0.2, 0) is 9.59 Å². The highest BCUT2D eigenvalue weighted by Gasteiger charge is 2.26. The Kier molecular flexibility index (Phi) is 6.99. The molecular weight excluding hydrogens is 404 g/mol. The van der Waals surface area contributed by atoms with Crippen molar-refractivity contribution < 1.29 is 14.4 Å². The zero-order valence-electron chi connectivity index (χ0n) is 17.3. The standard InChI is InChI=1S/C20H26N6O3S/c1-13-17(30-24-23-13)20(29)26-10-8-14(9-11-26)12-21-18(27)19(28)22-15-4-6-16(7-5-15)25(2)3/h4-7,14H,8-12H2,1-3H3,(H,21,27)(H,22,28). The largest absolute Gasteiger partial charge is 0.378 e. The number of carbonyl (C=O) groups is 3. The molecule has 1 aromatic heterocycles. The number of amides is 3. The molecule has 1 aliphatic rings. The van der Waals surface area contributed by atoms with Crippen molar-refractivity contribution in [1.29, 1.82) is 0 Å². The van der Waals surface area contributed by atoms with Crippen LogP contribution in [0.15, 0.2) is 24.3 Å². The third-order valence-electron chi connectivity index (χ3n) is 5.15. The minimum atomic E-state index is -0.687. The first-order chi connectivity index (χ1) is 14.3. The summed E-state index contributed by atoms with van der Waals surface area (Å²) < 4.78 is 3.82. The summed E-state index contributed by atoms with van der Waals surface area (Å²) in [5.74, 6) is -1.15. The minimum absolute atomic E-state index is 0.0374. The Labute approximate surface area is 179 Å². The van der Waals surface area contributed by atoms with Gasteiger partial charge in [0, 0.05) is 45.1 Å². The lowest BCUT2D eigenvalue weighted by Gasteiger charge is -2.31. The van der Waals surface area contributed by atoms with Gasteiger partial charge in [0.25, 0.3) is 5.91 Å². The first-order valence-electron chi connectivity index (χ1n) is 9.80. The lowest BCUT2D eigenvalue weighted by Crippen LogP contribution is -2.43. The Morgan fingerprint density at radius 3 is 2.37 bits per heavy atom. The molecule has 1 aromatic carbocycles. The van der Waals surface area contributed by atoms with Crippen LogP contribution in [0.2, 0.25) is 0 Å². The van der Waals surface area contributed by atoms with Gasteiger partial charge in [-0.3, -0.25) is 14.4 Å². The van der Waals surface area contributed by atoms with Gasteiger partial charge < -0.3 is 20.4 Å². The molecule has 30 heavy (non-hydrogen) atoms. The Bertz CT molecular complexity index is 904. The van der Waals surface area contributed by atoms with Crippen LogP contribution in [0.3, 0.4) is 0 Å². The van der Waals surface area contributed by atoms with E-state index in [9.17, 15) is 14.4 Å². The zero-order valence-corrected chi connectivity index (χ0v) is 18.2. The normalized spacial score (nSPS) is 14.3. The van der Waals surface area contributed by atoms with Crippen LogP contribution in [-0.4, -0.2) is 65.9 Å². The van der Waals surface area contributed by atoms with Crippen LogP contribution >= 0.6 is 11.5 Å². The topological polar surface area (TPSA) is 108 Å². The molecular formula is C20H26N6O3S. The lowest BCUT2D eigenvalue weighted by atomic mass is 9.96. The summed E-state index contributed by atoms with van der Waals surface area (Å²) in [6.07, 6.45) is 1.54. The summed E-state index contributed by atoms with van der Waals surface area (Å²) in [4.78, 5) is 41.1. The van der Waals surface area contributed by atoms with E-state index in [0.717, 1.165) is 30.1 Å². The van der Waals surface area contributed by atoms with Crippen LogP contribution in [0.1, 0.15) is 28.2 Å². The number of hydrogen-bond acceptors (Lipinski definition) is 7. The van der Waals surface area contributed by atoms with Gasteiger partial charge in [0.1, 0.15) is 4.88 Å². The van der Waals surface area contributed by atoms with Crippen LogP contribution in [0.4, 0.5) is 11.4 Å². The van der Waals surface area contributed by atoms with Gasteiger partial charge in [0.05, 0.1) is 5.69 Å². The number of nitrogens with zero attached hydrogens (tertiary/aromatic N) is 4. The summed E-state index contributed by atoms with van der Waals surface area (Å²) in [5, 5.41) is 9.20. The molecule has 1 fully saturated rings. The molecule has 10 heteroatoms. The molecule has 3 rings (SSSR count). The van der Waals surface area contributed by atoms with E-state index in [1.165, 1.54) is 0 Å². The number of piperidine rings is 1. The fourth-order valence-corrected chi connectivity index (χ4v) is 3.88. The van der Waals surface area contributed by atoms with Crippen molar-refractivity contribution in [3.05, 3.63) is 34.8 Å². The second kappa shape index (κ2) is 9.66. The molecule has 0 radical (unpaired) electrons. The monoisotopic (exact) mass is 430 g/mol. The summed E-state index contributed by atoms with van der Waals surface area (Å²) in [5.41, 5.74) is 2.23. The molecule has 1 saturated heterocycles. The average Bonchev–Trinajstić information content (AvgIpc) is 3.18. The van der Waals surface area contributed by atoms with E-state index in [2.05, 4.69) is 20.2 Å². The van der Waals surface area contributed by atoms with Crippen molar-refractivity contribution in [2.45, 2.75) is 19.8 Å². The maximum Gasteiger partial charge on any atom is 0.313 e. The Hall–Kier alpha value is -3.01. The van der Waals surface area contributed by atoms with Crippen LogP contribution in [0, 0.1) is 12.8 Å². The first kappa shape index (κ1) is 21.7. The second-order valence-electron chi connectivity index (χ2n) is 7.53. The van der Waals surface area contributed by atoms with Gasteiger partial charge in [-0.1, -0.05) is 4.49 Å². The molecule has 0 atom stereocenters. The molecule has 0 saturated carbocycles. The number of carbonyl (C=O) groups excluding carboxylic acids is 3.